The van der Waals surface area contributed by atoms with Crippen molar-refractivity contribution < 1.29 is 19.1 Å². The second-order valence-electron chi connectivity index (χ2n) is 7.03. The predicted molar refractivity (Wildman–Crippen MR) is 133 cm³/mol. The molecule has 3 N–H and O–H groups in total. The number of nitrogens with one attached hydrogen (secondary N) is 3. The number of hydrogen-bond acceptors (Lipinski definition) is 5. The van der Waals surface area contributed by atoms with Crippen LogP contribution in [0.2, 0.25) is 10.0 Å². The smallest absolute Gasteiger partial charge is 0.329 e. The molecule has 34 heavy (non-hydrogen) atoms. The number of carbonyl (C=O) groups excluding carboxylic acids is 3. The van der Waals surface area contributed by atoms with Crippen molar-refractivity contribution >= 4 is 58.5 Å². The van der Waals surface area contributed by atoms with Crippen molar-refractivity contribution in [1.29, 1.82) is 0 Å². The summed E-state index contributed by atoms with van der Waals surface area (Å²) in [7, 11) is 0. The van der Waals surface area contributed by atoms with Crippen molar-refractivity contribution in [3.05, 3.63) is 87.9 Å². The highest BCUT2D eigenvalue weighted by molar-refractivity contribution is 6.41. The van der Waals surface area contributed by atoms with E-state index in [2.05, 4.69) is 21.2 Å². The number of hydrazone groups is 1. The molecule has 3 aromatic carbocycles. The highest BCUT2D eigenvalue weighted by Crippen LogP contribution is 2.25. The fraction of sp³-hybridized carbons (Fsp3) is 0.0833. The van der Waals surface area contributed by atoms with E-state index >= 15 is 0 Å². The van der Waals surface area contributed by atoms with Gasteiger partial charge < -0.3 is 15.4 Å². The molecule has 0 radical (unpaired) electrons. The number of hydrogen-bond donors (Lipinski definition) is 3. The van der Waals surface area contributed by atoms with E-state index in [1.165, 1.54) is 12.3 Å². The third kappa shape index (κ3) is 7.33. The highest BCUT2D eigenvalue weighted by atomic mass is 35.5. The topological polar surface area (TPSA) is 109 Å². The highest BCUT2D eigenvalue weighted by Gasteiger charge is 2.14. The quantitative estimate of drug-likeness (QED) is 0.254. The van der Waals surface area contributed by atoms with Gasteiger partial charge in [-0.2, -0.15) is 5.10 Å². The van der Waals surface area contributed by atoms with Crippen LogP contribution >= 0.6 is 23.2 Å². The molecule has 0 aliphatic heterocycles. The second kappa shape index (κ2) is 11.8. The molecule has 0 fully saturated rings. The van der Waals surface area contributed by atoms with Crippen LogP contribution in [0.3, 0.4) is 0 Å². The Labute approximate surface area is 205 Å². The molecule has 0 saturated carbocycles. The molecule has 3 amide bonds. The lowest BCUT2D eigenvalue weighted by Crippen LogP contribution is -2.32. The van der Waals surface area contributed by atoms with Crippen molar-refractivity contribution in [2.45, 2.75) is 6.92 Å². The first-order valence-electron chi connectivity index (χ1n) is 9.99. The average molecular weight is 499 g/mol. The summed E-state index contributed by atoms with van der Waals surface area (Å²) < 4.78 is 5.47. The number of carbonyl (C=O) groups is 3. The summed E-state index contributed by atoms with van der Waals surface area (Å²) in [6, 6.07) is 18.6. The Kier molecular flexibility index (Phi) is 8.61. The normalized spacial score (nSPS) is 10.6. The lowest BCUT2D eigenvalue weighted by atomic mass is 10.2. The first-order chi connectivity index (χ1) is 16.3. The van der Waals surface area contributed by atoms with Crippen molar-refractivity contribution in [2.75, 3.05) is 17.2 Å². The lowest BCUT2D eigenvalue weighted by molar-refractivity contribution is -0.136. The molecule has 0 heterocycles. The summed E-state index contributed by atoms with van der Waals surface area (Å²) in [5, 5.41) is 9.41. The number of aryl methyl sites for hydroxylation is 1. The van der Waals surface area contributed by atoms with Crippen LogP contribution in [-0.2, 0) is 14.4 Å². The SMILES string of the molecule is Cc1ccc(NC(=O)COc2ccc(/C=N\NC(=O)C(=O)Nc3ccccc3Cl)cc2Cl)cc1. The Morgan fingerprint density at radius 1 is 0.912 bits per heavy atom. The Balaban J connectivity index is 1.48. The zero-order valence-corrected chi connectivity index (χ0v) is 19.5. The van der Waals surface area contributed by atoms with E-state index in [4.69, 9.17) is 27.9 Å². The maximum Gasteiger partial charge on any atom is 0.329 e. The number of halogens is 2. The first kappa shape index (κ1) is 24.8. The van der Waals surface area contributed by atoms with Gasteiger partial charge in [-0.1, -0.05) is 53.0 Å². The predicted octanol–water partition coefficient (Wildman–Crippen LogP) is 4.41. The molecular formula is C24H20Cl2N4O4. The van der Waals surface area contributed by atoms with Crippen LogP contribution < -0.4 is 20.8 Å². The lowest BCUT2D eigenvalue weighted by Gasteiger charge is -2.09. The number of anilines is 2. The van der Waals surface area contributed by atoms with Gasteiger partial charge in [0, 0.05) is 5.69 Å². The molecule has 0 spiro atoms. The van der Waals surface area contributed by atoms with Crippen molar-refractivity contribution in [3.63, 3.8) is 0 Å². The van der Waals surface area contributed by atoms with E-state index in [9.17, 15) is 14.4 Å². The number of amides is 3. The van der Waals surface area contributed by atoms with Crippen LogP contribution in [0.25, 0.3) is 0 Å². The number of rotatable bonds is 7. The largest absolute Gasteiger partial charge is 0.482 e. The second-order valence-corrected chi connectivity index (χ2v) is 7.84. The van der Waals surface area contributed by atoms with Gasteiger partial charge in [-0.05, 0) is 55.0 Å². The molecule has 0 aromatic heterocycles. The minimum Gasteiger partial charge on any atom is -0.482 e. The van der Waals surface area contributed by atoms with Crippen molar-refractivity contribution in [2.24, 2.45) is 5.10 Å². The standard InChI is InChI=1S/C24H20Cl2N4O4/c1-15-6-9-17(10-7-15)28-22(31)14-34-21-11-8-16(12-19(21)26)13-27-30-24(33)23(32)29-20-5-3-2-4-18(20)25/h2-13H,14H2,1H3,(H,28,31)(H,29,32)(H,30,33)/b27-13-. The number of nitrogens with zero attached hydrogens (tertiary/aromatic N) is 1. The Bertz CT molecular complexity index is 1230. The number of para-hydroxylation sites is 1. The van der Waals surface area contributed by atoms with Crippen LogP contribution in [0.4, 0.5) is 11.4 Å². The van der Waals surface area contributed by atoms with E-state index in [-0.39, 0.29) is 17.5 Å². The van der Waals surface area contributed by atoms with Gasteiger partial charge in [-0.25, -0.2) is 5.43 Å². The van der Waals surface area contributed by atoms with Gasteiger partial charge in [-0.15, -0.1) is 0 Å². The summed E-state index contributed by atoms with van der Waals surface area (Å²) in [4.78, 5) is 35.9. The molecular weight excluding hydrogens is 479 g/mol. The van der Waals surface area contributed by atoms with Gasteiger partial charge in [0.05, 0.1) is 21.9 Å². The molecule has 10 heteroatoms. The molecule has 0 aliphatic carbocycles. The number of ether oxygens (including phenoxy) is 1. The van der Waals surface area contributed by atoms with Gasteiger partial charge in [0.15, 0.2) is 6.61 Å². The van der Waals surface area contributed by atoms with Gasteiger partial charge in [0.2, 0.25) is 0 Å². The average Bonchev–Trinajstić information content (AvgIpc) is 2.81. The van der Waals surface area contributed by atoms with Gasteiger partial charge in [0.25, 0.3) is 5.91 Å². The molecule has 174 valence electrons. The van der Waals surface area contributed by atoms with E-state index in [0.717, 1.165) is 5.56 Å². The van der Waals surface area contributed by atoms with Gasteiger partial charge >= 0.3 is 11.8 Å². The molecule has 0 bridgehead atoms. The zero-order valence-electron chi connectivity index (χ0n) is 18.0. The van der Waals surface area contributed by atoms with Crippen LogP contribution in [0, 0.1) is 6.92 Å². The fourth-order valence-electron chi connectivity index (χ4n) is 2.65. The summed E-state index contributed by atoms with van der Waals surface area (Å²) in [6.07, 6.45) is 1.31. The zero-order chi connectivity index (χ0) is 24.5. The maximum atomic E-state index is 12.1. The summed E-state index contributed by atoms with van der Waals surface area (Å²) >= 11 is 12.2. The van der Waals surface area contributed by atoms with E-state index in [1.807, 2.05) is 19.1 Å². The monoisotopic (exact) mass is 498 g/mol. The van der Waals surface area contributed by atoms with Gasteiger partial charge in [-0.3, -0.25) is 14.4 Å². The summed E-state index contributed by atoms with van der Waals surface area (Å²) in [5.41, 5.74) is 4.72. The first-order valence-corrected chi connectivity index (χ1v) is 10.7. The minimum atomic E-state index is -0.971. The molecule has 0 aliphatic rings. The van der Waals surface area contributed by atoms with Crippen LogP contribution in [0.5, 0.6) is 5.75 Å². The Morgan fingerprint density at radius 3 is 2.35 bits per heavy atom. The summed E-state index contributed by atoms with van der Waals surface area (Å²) in [5.74, 6) is -1.91. The van der Waals surface area contributed by atoms with E-state index in [1.54, 1.807) is 48.5 Å². The van der Waals surface area contributed by atoms with E-state index in [0.29, 0.717) is 27.7 Å². The van der Waals surface area contributed by atoms with Crippen molar-refractivity contribution in [1.82, 2.24) is 5.43 Å². The molecule has 0 saturated heterocycles. The molecule has 3 aromatic rings. The van der Waals surface area contributed by atoms with Crippen LogP contribution in [0.15, 0.2) is 71.8 Å². The third-order valence-electron chi connectivity index (χ3n) is 4.36. The Morgan fingerprint density at radius 2 is 1.65 bits per heavy atom. The van der Waals surface area contributed by atoms with Crippen molar-refractivity contribution in [3.8, 4) is 5.75 Å². The summed E-state index contributed by atoms with van der Waals surface area (Å²) in [6.45, 7) is 1.73. The van der Waals surface area contributed by atoms with Crippen LogP contribution in [0.1, 0.15) is 11.1 Å². The minimum absolute atomic E-state index is 0.225. The molecule has 0 atom stereocenters. The van der Waals surface area contributed by atoms with E-state index < -0.39 is 11.8 Å². The maximum absolute atomic E-state index is 12.1. The molecule has 8 nitrogen and oxygen atoms in total. The Hall–Kier alpha value is -3.88. The molecule has 0 unspecified atom stereocenters. The molecule has 3 rings (SSSR count). The third-order valence-corrected chi connectivity index (χ3v) is 4.98. The van der Waals surface area contributed by atoms with Gasteiger partial charge in [0.1, 0.15) is 5.75 Å². The fourth-order valence-corrected chi connectivity index (χ4v) is 3.08. The van der Waals surface area contributed by atoms with Crippen LogP contribution in [-0.4, -0.2) is 30.5 Å². The number of benzene rings is 3.